The first kappa shape index (κ1) is 21.1. The number of aryl methyl sites for hydroxylation is 1. The van der Waals surface area contributed by atoms with Crippen LogP contribution in [0.25, 0.3) is 0 Å². The first-order chi connectivity index (χ1) is 13.5. The highest BCUT2D eigenvalue weighted by Gasteiger charge is 2.33. The van der Waals surface area contributed by atoms with Crippen LogP contribution in [0.5, 0.6) is 5.75 Å². The maximum absolute atomic E-state index is 13.8. The van der Waals surface area contributed by atoms with Crippen LogP contribution in [0.1, 0.15) is 18.9 Å². The molecule has 0 radical (unpaired) electrons. The molecule has 0 saturated carbocycles. The fraction of sp³-hybridized carbons (Fsp3) is 0.600. The summed E-state index contributed by atoms with van der Waals surface area (Å²) in [5.41, 5.74) is 0.655. The van der Waals surface area contributed by atoms with Crippen molar-refractivity contribution >= 4 is 0 Å². The Morgan fingerprint density at radius 1 is 1.11 bits per heavy atom. The summed E-state index contributed by atoms with van der Waals surface area (Å²) in [5.74, 6) is -0.995. The van der Waals surface area contributed by atoms with Crippen LogP contribution < -0.4 is 4.74 Å². The summed E-state index contributed by atoms with van der Waals surface area (Å²) >= 11 is 0. The lowest BCUT2D eigenvalue weighted by molar-refractivity contribution is -0.278. The average molecular weight is 402 g/mol. The van der Waals surface area contributed by atoms with Crippen molar-refractivity contribution in [3.63, 3.8) is 0 Å². The molecule has 2 fully saturated rings. The van der Waals surface area contributed by atoms with E-state index < -0.39 is 24.5 Å². The standard InChI is InChI=1S/C20H25F3O5/c1-2-3-14-9-26-19(27-10-14)15-11-24-18(25-12-15)7-5-13-4-6-17(16(21)8-13)28-20(22)23/h2-4,6,8,14-15,18-20H,5,7,9-12H2,1H3/b3-2+/t14-,15-,18-,19-. The molecule has 3 rings (SSSR count). The Balaban J connectivity index is 1.39. The minimum Gasteiger partial charge on any atom is -0.432 e. The SMILES string of the molecule is C/C=C/[C@H]1CO[C@H]([C@H]2CO[C@H](CCc3ccc(OC(F)F)c(F)c3)OC2)OC1. The Morgan fingerprint density at radius 2 is 1.82 bits per heavy atom. The van der Waals surface area contributed by atoms with Crippen LogP contribution in [0, 0.1) is 17.7 Å². The normalized spacial score (nSPS) is 28.8. The number of allylic oxidation sites excluding steroid dienone is 1. The molecule has 28 heavy (non-hydrogen) atoms. The highest BCUT2D eigenvalue weighted by atomic mass is 19.3. The van der Waals surface area contributed by atoms with Gasteiger partial charge in [-0.3, -0.25) is 0 Å². The van der Waals surface area contributed by atoms with Gasteiger partial charge in [-0.15, -0.1) is 0 Å². The summed E-state index contributed by atoms with van der Waals surface area (Å²) in [6.45, 7) is 1.06. The molecule has 0 amide bonds. The van der Waals surface area contributed by atoms with E-state index in [0.29, 0.717) is 44.8 Å². The highest BCUT2D eigenvalue weighted by Crippen LogP contribution is 2.25. The molecule has 0 bridgehead atoms. The Labute approximate surface area is 162 Å². The summed E-state index contributed by atoms with van der Waals surface area (Å²) < 4.78 is 65.2. The van der Waals surface area contributed by atoms with E-state index >= 15 is 0 Å². The van der Waals surface area contributed by atoms with Crippen molar-refractivity contribution in [2.75, 3.05) is 26.4 Å². The molecular formula is C20H25F3O5. The highest BCUT2D eigenvalue weighted by molar-refractivity contribution is 5.29. The van der Waals surface area contributed by atoms with Gasteiger partial charge in [-0.1, -0.05) is 18.2 Å². The molecule has 0 aliphatic carbocycles. The molecule has 0 spiro atoms. The van der Waals surface area contributed by atoms with Gasteiger partial charge in [0.2, 0.25) is 0 Å². The van der Waals surface area contributed by atoms with Crippen LogP contribution in [-0.4, -0.2) is 45.6 Å². The molecule has 5 nitrogen and oxygen atoms in total. The van der Waals surface area contributed by atoms with Crippen LogP contribution in [0.4, 0.5) is 13.2 Å². The zero-order valence-corrected chi connectivity index (χ0v) is 15.7. The van der Waals surface area contributed by atoms with E-state index in [1.165, 1.54) is 12.1 Å². The molecule has 1 aromatic rings. The van der Waals surface area contributed by atoms with E-state index in [9.17, 15) is 13.2 Å². The van der Waals surface area contributed by atoms with E-state index in [4.69, 9.17) is 18.9 Å². The Morgan fingerprint density at radius 3 is 2.43 bits per heavy atom. The lowest BCUT2D eigenvalue weighted by Gasteiger charge is -2.37. The van der Waals surface area contributed by atoms with Crippen molar-refractivity contribution in [1.82, 2.24) is 0 Å². The molecule has 0 N–H and O–H groups in total. The number of hydrogen-bond acceptors (Lipinski definition) is 5. The van der Waals surface area contributed by atoms with Crippen molar-refractivity contribution in [3.8, 4) is 5.75 Å². The number of benzene rings is 1. The number of rotatable bonds is 7. The van der Waals surface area contributed by atoms with Crippen molar-refractivity contribution in [1.29, 1.82) is 0 Å². The van der Waals surface area contributed by atoms with Gasteiger partial charge in [0.05, 0.1) is 32.3 Å². The fourth-order valence-corrected chi connectivity index (χ4v) is 3.25. The average Bonchev–Trinajstić information content (AvgIpc) is 2.69. The molecule has 0 unspecified atom stereocenters. The third-order valence-corrected chi connectivity index (χ3v) is 4.67. The lowest BCUT2D eigenvalue weighted by atomic mass is 10.1. The van der Waals surface area contributed by atoms with E-state index in [-0.39, 0.29) is 18.1 Å². The monoisotopic (exact) mass is 402 g/mol. The molecular weight excluding hydrogens is 377 g/mol. The van der Waals surface area contributed by atoms with E-state index in [1.807, 2.05) is 13.0 Å². The maximum atomic E-state index is 13.8. The minimum absolute atomic E-state index is 0.00558. The Bertz CT molecular complexity index is 639. The molecule has 2 heterocycles. The second-order valence-electron chi connectivity index (χ2n) is 6.86. The van der Waals surface area contributed by atoms with E-state index in [0.717, 1.165) is 0 Å². The number of alkyl halides is 2. The smallest absolute Gasteiger partial charge is 0.387 e. The number of ether oxygens (including phenoxy) is 5. The van der Waals surface area contributed by atoms with Gasteiger partial charge in [0.1, 0.15) is 0 Å². The van der Waals surface area contributed by atoms with Gasteiger partial charge in [-0.05, 0) is 31.0 Å². The van der Waals surface area contributed by atoms with Crippen molar-refractivity contribution in [2.45, 2.75) is 39.0 Å². The van der Waals surface area contributed by atoms with Crippen molar-refractivity contribution in [2.24, 2.45) is 11.8 Å². The maximum Gasteiger partial charge on any atom is 0.387 e. The van der Waals surface area contributed by atoms with Gasteiger partial charge < -0.3 is 23.7 Å². The first-order valence-electron chi connectivity index (χ1n) is 9.37. The van der Waals surface area contributed by atoms with Crippen LogP contribution in [0.3, 0.4) is 0 Å². The fourth-order valence-electron chi connectivity index (χ4n) is 3.25. The summed E-state index contributed by atoms with van der Waals surface area (Å²) in [5, 5.41) is 0. The molecule has 2 aliphatic rings. The number of halogens is 3. The predicted molar refractivity (Wildman–Crippen MR) is 94.5 cm³/mol. The molecule has 0 aromatic heterocycles. The molecule has 2 saturated heterocycles. The molecule has 0 atom stereocenters. The molecule has 2 aliphatic heterocycles. The van der Waals surface area contributed by atoms with E-state index in [2.05, 4.69) is 10.8 Å². The summed E-state index contributed by atoms with van der Waals surface area (Å²) in [6, 6.07) is 3.94. The lowest BCUT2D eigenvalue weighted by Crippen LogP contribution is -2.44. The Kier molecular flexibility index (Phi) is 7.73. The van der Waals surface area contributed by atoms with Crippen molar-refractivity contribution in [3.05, 3.63) is 41.7 Å². The van der Waals surface area contributed by atoms with Gasteiger partial charge in [0.25, 0.3) is 0 Å². The Hall–Kier alpha value is -1.61. The van der Waals surface area contributed by atoms with Crippen molar-refractivity contribution < 1.29 is 36.9 Å². The zero-order valence-electron chi connectivity index (χ0n) is 15.7. The quantitative estimate of drug-likeness (QED) is 0.647. The first-order valence-corrected chi connectivity index (χ1v) is 9.37. The van der Waals surface area contributed by atoms with Crippen LogP contribution in [0.15, 0.2) is 30.4 Å². The predicted octanol–water partition coefficient (Wildman–Crippen LogP) is 3.91. The minimum atomic E-state index is -3.05. The van der Waals surface area contributed by atoms with Gasteiger partial charge in [0, 0.05) is 12.3 Å². The molecule has 156 valence electrons. The molecule has 8 heteroatoms. The third-order valence-electron chi connectivity index (χ3n) is 4.67. The van der Waals surface area contributed by atoms with E-state index in [1.54, 1.807) is 6.07 Å². The summed E-state index contributed by atoms with van der Waals surface area (Å²) in [7, 11) is 0. The largest absolute Gasteiger partial charge is 0.432 e. The third kappa shape index (κ3) is 5.94. The van der Waals surface area contributed by atoms with Gasteiger partial charge in [-0.2, -0.15) is 8.78 Å². The van der Waals surface area contributed by atoms with Crippen LogP contribution in [-0.2, 0) is 25.4 Å². The summed E-state index contributed by atoms with van der Waals surface area (Å²) in [6.07, 6.45) is 4.32. The molecule has 1 aromatic carbocycles. The summed E-state index contributed by atoms with van der Waals surface area (Å²) in [4.78, 5) is 0. The van der Waals surface area contributed by atoms with Crippen LogP contribution >= 0.6 is 0 Å². The second-order valence-corrected chi connectivity index (χ2v) is 6.86. The topological polar surface area (TPSA) is 46.2 Å². The van der Waals surface area contributed by atoms with Gasteiger partial charge in [-0.25, -0.2) is 4.39 Å². The second kappa shape index (κ2) is 10.2. The van der Waals surface area contributed by atoms with Gasteiger partial charge in [0.15, 0.2) is 24.1 Å². The zero-order chi connectivity index (χ0) is 19.9. The van der Waals surface area contributed by atoms with Crippen LogP contribution in [0.2, 0.25) is 0 Å². The number of hydrogen-bond donors (Lipinski definition) is 0. The van der Waals surface area contributed by atoms with Gasteiger partial charge >= 0.3 is 6.61 Å².